The lowest BCUT2D eigenvalue weighted by Gasteiger charge is -2.21. The lowest BCUT2D eigenvalue weighted by molar-refractivity contribution is 0.476. The molecule has 0 saturated heterocycles. The Balaban J connectivity index is 2.34. The van der Waals surface area contributed by atoms with E-state index in [9.17, 15) is 13.2 Å². The van der Waals surface area contributed by atoms with E-state index in [4.69, 9.17) is 5.73 Å². The van der Waals surface area contributed by atoms with Gasteiger partial charge in [0.1, 0.15) is 5.82 Å². The van der Waals surface area contributed by atoms with E-state index in [0.717, 1.165) is 11.6 Å². The van der Waals surface area contributed by atoms with Gasteiger partial charge in [0.05, 0.1) is 0 Å². The molecule has 2 aromatic rings. The molecule has 2 atom stereocenters. The van der Waals surface area contributed by atoms with Crippen LogP contribution in [0, 0.1) is 17.5 Å². The van der Waals surface area contributed by atoms with E-state index in [1.807, 2.05) is 37.3 Å². The van der Waals surface area contributed by atoms with Gasteiger partial charge in [0, 0.05) is 23.6 Å². The van der Waals surface area contributed by atoms with Crippen molar-refractivity contribution >= 4 is 0 Å². The van der Waals surface area contributed by atoms with E-state index in [1.54, 1.807) is 0 Å². The van der Waals surface area contributed by atoms with Gasteiger partial charge in [0.15, 0.2) is 11.6 Å². The van der Waals surface area contributed by atoms with Gasteiger partial charge >= 0.3 is 0 Å². The Morgan fingerprint density at radius 3 is 2.11 bits per heavy atom. The van der Waals surface area contributed by atoms with E-state index >= 15 is 0 Å². The van der Waals surface area contributed by atoms with Crippen LogP contribution in [0.5, 0.6) is 0 Å². The Labute approximate surface area is 109 Å². The summed E-state index contributed by atoms with van der Waals surface area (Å²) in [6, 6.07) is 9.90. The number of hydrogen-bond acceptors (Lipinski definition) is 1. The maximum atomic E-state index is 13.7. The molecule has 0 aliphatic carbocycles. The minimum absolute atomic E-state index is 0.0183. The molecule has 2 rings (SSSR count). The molecular weight excluding hydrogens is 251 g/mol. The summed E-state index contributed by atoms with van der Waals surface area (Å²) in [7, 11) is 0. The largest absolute Gasteiger partial charge is 0.323 e. The summed E-state index contributed by atoms with van der Waals surface area (Å²) in [4.78, 5) is 0. The first kappa shape index (κ1) is 13.6. The molecule has 2 N–H and O–H groups in total. The molecule has 4 heteroatoms. The van der Waals surface area contributed by atoms with Gasteiger partial charge in [0.25, 0.3) is 0 Å². The normalized spacial score (nSPS) is 14.2. The van der Waals surface area contributed by atoms with Crippen LogP contribution in [0.3, 0.4) is 0 Å². The molecule has 0 aromatic heterocycles. The summed E-state index contributed by atoms with van der Waals surface area (Å²) in [5.74, 6) is -3.33. The highest BCUT2D eigenvalue weighted by Crippen LogP contribution is 2.30. The van der Waals surface area contributed by atoms with Crippen LogP contribution in [0.25, 0.3) is 0 Å². The molecule has 2 aromatic carbocycles. The fraction of sp³-hybridized carbons (Fsp3) is 0.200. The van der Waals surface area contributed by atoms with Crippen LogP contribution in [-0.4, -0.2) is 0 Å². The van der Waals surface area contributed by atoms with Crippen molar-refractivity contribution in [1.82, 2.24) is 0 Å². The number of nitrogens with two attached hydrogens (primary N) is 1. The van der Waals surface area contributed by atoms with E-state index < -0.39 is 23.5 Å². The Hall–Kier alpha value is -1.81. The van der Waals surface area contributed by atoms with Crippen molar-refractivity contribution in [3.8, 4) is 0 Å². The molecule has 1 nitrogen and oxygen atoms in total. The second-order valence-electron chi connectivity index (χ2n) is 4.51. The maximum Gasteiger partial charge on any atom is 0.161 e. The van der Waals surface area contributed by atoms with Crippen molar-refractivity contribution in [1.29, 1.82) is 0 Å². The third-order valence-electron chi connectivity index (χ3n) is 3.26. The number of benzene rings is 2. The average molecular weight is 265 g/mol. The summed E-state index contributed by atoms with van der Waals surface area (Å²) in [6.07, 6.45) is 0. The van der Waals surface area contributed by atoms with Gasteiger partial charge in [-0.05, 0) is 11.6 Å². The summed E-state index contributed by atoms with van der Waals surface area (Å²) in [5.41, 5.74) is 6.86. The zero-order valence-electron chi connectivity index (χ0n) is 10.4. The SMILES string of the molecule is CC(c1ccccc1)C(N)c1cc(F)c(F)cc1F. The predicted molar refractivity (Wildman–Crippen MR) is 68.1 cm³/mol. The van der Waals surface area contributed by atoms with Gasteiger partial charge in [-0.1, -0.05) is 37.3 Å². The van der Waals surface area contributed by atoms with Crippen molar-refractivity contribution in [3.63, 3.8) is 0 Å². The second kappa shape index (κ2) is 5.45. The van der Waals surface area contributed by atoms with Gasteiger partial charge in [-0.15, -0.1) is 0 Å². The van der Waals surface area contributed by atoms with Gasteiger partial charge in [-0.2, -0.15) is 0 Å². The first-order valence-corrected chi connectivity index (χ1v) is 5.95. The summed E-state index contributed by atoms with van der Waals surface area (Å²) >= 11 is 0. The molecule has 0 heterocycles. The van der Waals surface area contributed by atoms with Gasteiger partial charge in [-0.25, -0.2) is 13.2 Å². The van der Waals surface area contributed by atoms with E-state index in [1.165, 1.54) is 0 Å². The molecule has 0 bridgehead atoms. The molecule has 0 saturated carbocycles. The third-order valence-corrected chi connectivity index (χ3v) is 3.26. The first-order valence-electron chi connectivity index (χ1n) is 5.95. The second-order valence-corrected chi connectivity index (χ2v) is 4.51. The highest BCUT2D eigenvalue weighted by molar-refractivity contribution is 5.29. The highest BCUT2D eigenvalue weighted by Gasteiger charge is 2.21. The van der Waals surface area contributed by atoms with Gasteiger partial charge in [0.2, 0.25) is 0 Å². The van der Waals surface area contributed by atoms with E-state index in [0.29, 0.717) is 6.07 Å². The number of hydrogen-bond donors (Lipinski definition) is 1. The fourth-order valence-corrected chi connectivity index (χ4v) is 2.03. The monoisotopic (exact) mass is 265 g/mol. The molecule has 0 fully saturated rings. The van der Waals surface area contributed by atoms with Crippen molar-refractivity contribution in [2.45, 2.75) is 18.9 Å². The summed E-state index contributed by atoms with van der Waals surface area (Å²) in [5, 5.41) is 0. The lowest BCUT2D eigenvalue weighted by atomic mass is 9.89. The van der Waals surface area contributed by atoms with Crippen LogP contribution in [0.2, 0.25) is 0 Å². The smallest absolute Gasteiger partial charge is 0.161 e. The standard InChI is InChI=1S/C15H14F3N/c1-9(10-5-3-2-4-6-10)15(19)11-7-13(17)14(18)8-12(11)16/h2-9,15H,19H2,1H3. The van der Waals surface area contributed by atoms with Gasteiger partial charge in [-0.3, -0.25) is 0 Å². The summed E-state index contributed by atoms with van der Waals surface area (Å²) < 4.78 is 39.7. The molecule has 19 heavy (non-hydrogen) atoms. The Morgan fingerprint density at radius 1 is 0.895 bits per heavy atom. The van der Waals surface area contributed by atoms with Crippen LogP contribution >= 0.6 is 0 Å². The lowest BCUT2D eigenvalue weighted by Crippen LogP contribution is -2.19. The highest BCUT2D eigenvalue weighted by atomic mass is 19.2. The summed E-state index contributed by atoms with van der Waals surface area (Å²) in [6.45, 7) is 1.82. The zero-order valence-corrected chi connectivity index (χ0v) is 10.4. The molecular formula is C15H14F3N. The Bertz CT molecular complexity index is 569. The van der Waals surface area contributed by atoms with Crippen LogP contribution in [0.4, 0.5) is 13.2 Å². The molecule has 0 aliphatic rings. The maximum absolute atomic E-state index is 13.7. The van der Waals surface area contributed by atoms with Crippen molar-refractivity contribution < 1.29 is 13.2 Å². The van der Waals surface area contributed by atoms with Crippen LogP contribution in [0.1, 0.15) is 30.0 Å². The first-order chi connectivity index (χ1) is 9.00. The number of rotatable bonds is 3. The van der Waals surface area contributed by atoms with Crippen LogP contribution in [0.15, 0.2) is 42.5 Å². The topological polar surface area (TPSA) is 26.0 Å². The third kappa shape index (κ3) is 2.79. The predicted octanol–water partition coefficient (Wildman–Crippen LogP) is 3.91. The quantitative estimate of drug-likeness (QED) is 0.837. The van der Waals surface area contributed by atoms with Crippen LogP contribution < -0.4 is 5.73 Å². The Kier molecular flexibility index (Phi) is 3.90. The van der Waals surface area contributed by atoms with Crippen molar-refractivity contribution in [3.05, 3.63) is 71.0 Å². The molecule has 0 spiro atoms. The minimum Gasteiger partial charge on any atom is -0.323 e. The van der Waals surface area contributed by atoms with Crippen molar-refractivity contribution in [2.24, 2.45) is 5.73 Å². The minimum atomic E-state index is -1.21. The van der Waals surface area contributed by atoms with Crippen LogP contribution in [-0.2, 0) is 0 Å². The average Bonchev–Trinajstić information content (AvgIpc) is 2.42. The van der Waals surface area contributed by atoms with Gasteiger partial charge < -0.3 is 5.73 Å². The molecule has 0 amide bonds. The van der Waals surface area contributed by atoms with E-state index in [2.05, 4.69) is 0 Å². The molecule has 2 unspecified atom stereocenters. The zero-order chi connectivity index (χ0) is 14.0. The van der Waals surface area contributed by atoms with Crippen molar-refractivity contribution in [2.75, 3.05) is 0 Å². The molecule has 0 aliphatic heterocycles. The molecule has 0 radical (unpaired) electrons. The Morgan fingerprint density at radius 2 is 1.47 bits per heavy atom. The molecule has 100 valence electrons. The van der Waals surface area contributed by atoms with E-state index in [-0.39, 0.29) is 11.5 Å². The fourth-order valence-electron chi connectivity index (χ4n) is 2.03. The number of halogens is 3.